The van der Waals surface area contributed by atoms with Gasteiger partial charge in [0, 0.05) is 63.7 Å². The molecule has 1 aliphatic carbocycles. The molecule has 0 radical (unpaired) electrons. The maximum atomic E-state index is 15.4. The molecule has 6 bridgehead atoms. The number of amides is 2. The quantitative estimate of drug-likeness (QED) is 0.270. The highest BCUT2D eigenvalue weighted by molar-refractivity contribution is 5.95. The zero-order valence-corrected chi connectivity index (χ0v) is 32.7. The second-order valence-electron chi connectivity index (χ2n) is 16.3. The van der Waals surface area contributed by atoms with Gasteiger partial charge in [-0.05, 0) is 62.9 Å². The maximum Gasteiger partial charge on any atom is 0.245 e. The number of piperazine rings is 1. The van der Waals surface area contributed by atoms with Crippen molar-refractivity contribution in [2.75, 3.05) is 48.9 Å². The van der Waals surface area contributed by atoms with Crippen LogP contribution in [0.4, 0.5) is 26.4 Å². The van der Waals surface area contributed by atoms with Gasteiger partial charge >= 0.3 is 0 Å². The molecule has 10 heterocycles. The number of hydrogen-bond acceptors (Lipinski definition) is 12. The van der Waals surface area contributed by atoms with Crippen molar-refractivity contribution in [1.29, 1.82) is 0 Å². The van der Waals surface area contributed by atoms with E-state index in [-0.39, 0.29) is 47.8 Å². The van der Waals surface area contributed by atoms with Crippen molar-refractivity contribution in [2.24, 2.45) is 0 Å². The van der Waals surface area contributed by atoms with Crippen LogP contribution in [0.25, 0.3) is 39.1 Å². The Balaban J connectivity index is 1.03. The average Bonchev–Trinajstić information content (AvgIpc) is 3.72. The van der Waals surface area contributed by atoms with Crippen LogP contribution in [-0.2, 0) is 20.9 Å². The summed E-state index contributed by atoms with van der Waals surface area (Å²) in [6.45, 7) is 3.54. The molecule has 5 aromatic heterocycles. The Bertz CT molecular complexity index is 2700. The number of carbonyl (C=O) groups is 2. The number of hydrogen-bond donors (Lipinski definition) is 1. The van der Waals surface area contributed by atoms with E-state index in [4.69, 9.17) is 24.7 Å². The first-order valence-corrected chi connectivity index (χ1v) is 20.0. The van der Waals surface area contributed by atoms with Crippen LogP contribution < -0.4 is 15.1 Å². The summed E-state index contributed by atoms with van der Waals surface area (Å²) in [4.78, 5) is 60.7. The molecule has 2 amide bonds. The standard InChI is InChI=1S/C41H41F2N13O3/c1-21-46-36-35-27(11-12-44-36)30-5-4-6-34(48-30)47-23-14-32(39(57)51(2)19-26(59-3)20-52(21)35)54(17-23)37-28-16-45-56(31-10-7-22(42)13-29(31)43)38(28)50-41(49-37)55-25-15-33(55)40(58)53(18-25)24-8-9-24/h4-7,10-13,16,23-26,32-33H,8-9,14-15,17-20H2,1-3H3,(H,47,48)/t23-,25+,26-,32-,33?/m0/s1. The molecule has 1 aromatic carbocycles. The first-order chi connectivity index (χ1) is 28.6. The van der Waals surface area contributed by atoms with Crippen molar-refractivity contribution in [2.45, 2.75) is 75.5 Å². The monoisotopic (exact) mass is 801 g/mol. The molecular weight excluding hydrogens is 761 g/mol. The first-order valence-electron chi connectivity index (χ1n) is 20.0. The predicted molar refractivity (Wildman–Crippen MR) is 213 cm³/mol. The predicted octanol–water partition coefficient (Wildman–Crippen LogP) is 3.71. The summed E-state index contributed by atoms with van der Waals surface area (Å²) in [6.07, 6.45) is 6.00. The zero-order chi connectivity index (χ0) is 40.3. The van der Waals surface area contributed by atoms with E-state index < -0.39 is 29.8 Å². The third kappa shape index (κ3) is 5.78. The lowest BCUT2D eigenvalue weighted by Crippen LogP contribution is -2.72. The number of methoxy groups -OCH3 is 1. The lowest BCUT2D eigenvalue weighted by atomic mass is 9.87. The van der Waals surface area contributed by atoms with Crippen molar-refractivity contribution in [3.63, 3.8) is 0 Å². The van der Waals surface area contributed by atoms with Crippen molar-refractivity contribution >= 4 is 51.6 Å². The van der Waals surface area contributed by atoms with E-state index in [1.54, 1.807) is 31.5 Å². The summed E-state index contributed by atoms with van der Waals surface area (Å²) < 4.78 is 39.0. The number of nitrogens with one attached hydrogen (secondary N) is 1. The van der Waals surface area contributed by atoms with E-state index in [0.717, 1.165) is 41.5 Å². The number of nitrogens with zero attached hydrogens (tertiary/aromatic N) is 12. The highest BCUT2D eigenvalue weighted by Gasteiger charge is 2.54. The van der Waals surface area contributed by atoms with Crippen LogP contribution in [0, 0.1) is 18.6 Å². The number of carbonyl (C=O) groups excluding carboxylic acids is 2. The number of aromatic nitrogens is 8. The van der Waals surface area contributed by atoms with Gasteiger partial charge in [0.1, 0.15) is 41.0 Å². The largest absolute Gasteiger partial charge is 0.378 e. The number of ether oxygens (including phenoxy) is 1. The molecule has 5 atom stereocenters. The van der Waals surface area contributed by atoms with Gasteiger partial charge in [0.2, 0.25) is 17.8 Å². The van der Waals surface area contributed by atoms with Crippen LogP contribution in [-0.4, -0.2) is 131 Å². The summed E-state index contributed by atoms with van der Waals surface area (Å²) in [6, 6.07) is 9.94. The van der Waals surface area contributed by atoms with Crippen LogP contribution >= 0.6 is 0 Å². The van der Waals surface area contributed by atoms with Crippen LogP contribution in [0.3, 0.4) is 0 Å². The molecule has 1 N–H and O–H groups in total. The molecule has 302 valence electrons. The molecule has 6 aromatic rings. The van der Waals surface area contributed by atoms with Gasteiger partial charge in [0.05, 0.1) is 41.5 Å². The summed E-state index contributed by atoms with van der Waals surface area (Å²) >= 11 is 0. The van der Waals surface area contributed by atoms with Crippen molar-refractivity contribution in [1.82, 2.24) is 49.1 Å². The van der Waals surface area contributed by atoms with E-state index in [1.165, 1.54) is 16.8 Å². The normalized spacial score (nSPS) is 24.4. The Hall–Kier alpha value is -6.30. The molecule has 16 nitrogen and oxygen atoms in total. The lowest BCUT2D eigenvalue weighted by molar-refractivity contribution is -0.140. The minimum atomic E-state index is -0.811. The second kappa shape index (κ2) is 13.4. The molecular formula is C41H41F2N13O3. The van der Waals surface area contributed by atoms with Crippen LogP contribution in [0.2, 0.25) is 0 Å². The highest BCUT2D eigenvalue weighted by atomic mass is 19.1. The van der Waals surface area contributed by atoms with Gasteiger partial charge in [-0.15, -0.1) is 0 Å². The first kappa shape index (κ1) is 35.8. The number of fused-ring (bicyclic) bond motifs is 8. The third-order valence-corrected chi connectivity index (χ3v) is 12.6. The molecule has 5 fully saturated rings. The smallest absolute Gasteiger partial charge is 0.245 e. The molecule has 4 saturated heterocycles. The van der Waals surface area contributed by atoms with Crippen LogP contribution in [0.1, 0.15) is 31.5 Å². The number of imidazole rings is 1. The Morgan fingerprint density at radius 3 is 2.54 bits per heavy atom. The summed E-state index contributed by atoms with van der Waals surface area (Å²) in [7, 11) is 3.41. The van der Waals surface area contributed by atoms with E-state index in [9.17, 15) is 14.0 Å². The number of anilines is 3. The third-order valence-electron chi connectivity index (χ3n) is 12.6. The maximum absolute atomic E-state index is 15.4. The Kier molecular flexibility index (Phi) is 8.12. The molecule has 0 spiro atoms. The molecule has 6 aliphatic rings. The fraction of sp³-hybridized carbons (Fsp3) is 0.415. The Morgan fingerprint density at radius 2 is 1.75 bits per heavy atom. The van der Waals surface area contributed by atoms with Gasteiger partial charge in [0.25, 0.3) is 0 Å². The number of piperidine rings is 1. The summed E-state index contributed by atoms with van der Waals surface area (Å²) in [5.41, 5.74) is 3.33. The topological polar surface area (TPSA) is 156 Å². The van der Waals surface area contributed by atoms with Gasteiger partial charge in [-0.3, -0.25) is 9.59 Å². The number of benzene rings is 1. The summed E-state index contributed by atoms with van der Waals surface area (Å²) in [5, 5.41) is 8.65. The van der Waals surface area contributed by atoms with Gasteiger partial charge in [-0.25, -0.2) is 28.4 Å². The van der Waals surface area contributed by atoms with Crippen molar-refractivity contribution in [3.8, 4) is 16.9 Å². The summed E-state index contributed by atoms with van der Waals surface area (Å²) in [5.74, 6) is 0.490. The number of likely N-dealkylation sites (N-methyl/N-ethyl adjacent to an activating group) is 1. The van der Waals surface area contributed by atoms with E-state index in [1.807, 2.05) is 45.9 Å². The molecule has 1 saturated carbocycles. The zero-order valence-electron chi connectivity index (χ0n) is 32.7. The fourth-order valence-corrected chi connectivity index (χ4v) is 9.50. The number of aryl methyl sites for hydroxylation is 1. The fourth-order valence-electron chi connectivity index (χ4n) is 9.50. The van der Waals surface area contributed by atoms with E-state index >= 15 is 4.39 Å². The van der Waals surface area contributed by atoms with Crippen molar-refractivity contribution < 1.29 is 23.1 Å². The number of rotatable bonds is 5. The Labute approximate surface area is 336 Å². The van der Waals surface area contributed by atoms with Crippen LogP contribution in [0.5, 0.6) is 0 Å². The van der Waals surface area contributed by atoms with Gasteiger partial charge in [0.15, 0.2) is 17.1 Å². The van der Waals surface area contributed by atoms with Crippen molar-refractivity contribution in [3.05, 3.63) is 72.3 Å². The minimum Gasteiger partial charge on any atom is -0.378 e. The minimum absolute atomic E-state index is 0.00301. The number of pyridine rings is 2. The second-order valence-corrected chi connectivity index (χ2v) is 16.3. The molecule has 1 unspecified atom stereocenters. The van der Waals surface area contributed by atoms with E-state index in [2.05, 4.69) is 20.0 Å². The van der Waals surface area contributed by atoms with Gasteiger partial charge < -0.3 is 34.2 Å². The van der Waals surface area contributed by atoms with Gasteiger partial charge in [-0.2, -0.15) is 15.1 Å². The molecule has 12 rings (SSSR count). The molecule has 18 heteroatoms. The molecule has 59 heavy (non-hydrogen) atoms. The lowest BCUT2D eigenvalue weighted by Gasteiger charge is -2.55. The molecule has 5 aliphatic heterocycles. The van der Waals surface area contributed by atoms with E-state index in [0.29, 0.717) is 61.1 Å². The SMILES string of the molecule is CO[C@H]1CN(C)C(=O)[C@@H]2C[C@@H](CN2c2nc(N3C4C[C@@H]3CN(C3CC3)C4=O)nc3c2cnn3-c2ccc(F)cc2F)Nc2cccc(n2)-c2ccnc3nc(C)n(c23)C1. The average molecular weight is 802 g/mol. The van der Waals surface area contributed by atoms with Gasteiger partial charge in [-0.1, -0.05) is 6.07 Å². The Morgan fingerprint density at radius 1 is 0.881 bits per heavy atom. The number of halogens is 2. The highest BCUT2D eigenvalue weighted by Crippen LogP contribution is 2.43. The van der Waals surface area contributed by atoms with Crippen LogP contribution in [0.15, 0.2) is 54.9 Å².